The van der Waals surface area contributed by atoms with Gasteiger partial charge in [-0.1, -0.05) is 36.4 Å². The molecule has 0 aliphatic carbocycles. The van der Waals surface area contributed by atoms with Gasteiger partial charge in [0.05, 0.1) is 17.1 Å². The first-order chi connectivity index (χ1) is 14.4. The molecule has 5 aromatic rings. The lowest BCUT2D eigenvalue weighted by molar-refractivity contribution is 0.294. The van der Waals surface area contributed by atoms with E-state index in [-0.39, 0.29) is 0 Å². The molecule has 0 fully saturated rings. The average molecular weight is 380 g/mol. The van der Waals surface area contributed by atoms with Crippen LogP contribution in [-0.2, 0) is 6.61 Å². The minimum absolute atomic E-state index is 0.455. The van der Waals surface area contributed by atoms with E-state index in [1.54, 1.807) is 16.9 Å². The first-order valence-electron chi connectivity index (χ1n) is 9.12. The molecule has 0 bridgehead atoms. The molecular weight excluding hydrogens is 364 g/mol. The van der Waals surface area contributed by atoms with Gasteiger partial charge in [0.2, 0.25) is 5.88 Å². The second-order valence-corrected chi connectivity index (χ2v) is 6.37. The van der Waals surface area contributed by atoms with Crippen LogP contribution in [0.4, 0.5) is 0 Å². The summed E-state index contributed by atoms with van der Waals surface area (Å²) in [6.07, 6.45) is 4.98. The molecule has 0 aliphatic heterocycles. The van der Waals surface area contributed by atoms with Crippen molar-refractivity contribution in [2.45, 2.75) is 6.61 Å². The topological polar surface area (TPSA) is 78.1 Å². The summed E-state index contributed by atoms with van der Waals surface area (Å²) in [5.74, 6) is 1.05. The van der Waals surface area contributed by atoms with Crippen molar-refractivity contribution in [3.63, 3.8) is 0 Å². The Morgan fingerprint density at radius 3 is 2.55 bits per heavy atom. The summed E-state index contributed by atoms with van der Waals surface area (Å²) in [4.78, 5) is 17.6. The second-order valence-electron chi connectivity index (χ2n) is 6.37. The Hall–Kier alpha value is -4.13. The minimum atomic E-state index is 0.455. The Morgan fingerprint density at radius 1 is 0.828 bits per heavy atom. The van der Waals surface area contributed by atoms with E-state index < -0.39 is 0 Å². The zero-order valence-corrected chi connectivity index (χ0v) is 15.4. The van der Waals surface area contributed by atoms with Gasteiger partial charge in [-0.25, -0.2) is 9.97 Å². The van der Waals surface area contributed by atoms with Crippen molar-refractivity contribution >= 4 is 5.78 Å². The number of rotatable bonds is 5. The van der Waals surface area contributed by atoms with Crippen molar-refractivity contribution in [2.24, 2.45) is 0 Å². The Kier molecular flexibility index (Phi) is 4.38. The molecule has 0 amide bonds. The van der Waals surface area contributed by atoms with Crippen LogP contribution in [0.5, 0.6) is 5.88 Å². The molecule has 29 heavy (non-hydrogen) atoms. The summed E-state index contributed by atoms with van der Waals surface area (Å²) in [7, 11) is 0. The quantitative estimate of drug-likeness (QED) is 0.461. The van der Waals surface area contributed by atoms with Crippen LogP contribution in [-0.4, -0.2) is 29.5 Å². The predicted molar refractivity (Wildman–Crippen MR) is 108 cm³/mol. The van der Waals surface area contributed by atoms with E-state index >= 15 is 0 Å². The molecule has 0 N–H and O–H groups in total. The third-order valence-corrected chi connectivity index (χ3v) is 4.44. The number of hydrogen-bond donors (Lipinski definition) is 0. The monoisotopic (exact) mass is 380 g/mol. The maximum Gasteiger partial charge on any atom is 0.253 e. The summed E-state index contributed by atoms with van der Waals surface area (Å²) < 4.78 is 7.56. The second kappa shape index (κ2) is 7.47. The van der Waals surface area contributed by atoms with Gasteiger partial charge in [-0.3, -0.25) is 4.98 Å². The van der Waals surface area contributed by atoms with Gasteiger partial charge in [-0.2, -0.15) is 14.6 Å². The summed E-state index contributed by atoms with van der Waals surface area (Å²) in [6.45, 7) is 0.455. The number of pyridine rings is 2. The van der Waals surface area contributed by atoms with Crippen molar-refractivity contribution < 1.29 is 4.74 Å². The first-order valence-corrected chi connectivity index (χ1v) is 9.12. The molecule has 0 saturated carbocycles. The Bertz CT molecular complexity index is 1250. The Labute approximate surface area is 166 Å². The number of aromatic nitrogens is 6. The van der Waals surface area contributed by atoms with E-state index in [1.165, 1.54) is 6.33 Å². The lowest BCUT2D eigenvalue weighted by Crippen LogP contribution is -2.01. The number of fused-ring (bicyclic) bond motifs is 1. The highest BCUT2D eigenvalue weighted by Gasteiger charge is 2.12. The SMILES string of the molecule is c1ccc(COc2cccc(-c3cc(-c4ccncc4)n4ncnc4n3)n2)cc1. The highest BCUT2D eigenvalue weighted by atomic mass is 16.5. The van der Waals surface area contributed by atoms with Crippen molar-refractivity contribution in [2.75, 3.05) is 0 Å². The molecule has 0 unspecified atom stereocenters. The summed E-state index contributed by atoms with van der Waals surface area (Å²) in [5.41, 5.74) is 4.32. The van der Waals surface area contributed by atoms with Crippen molar-refractivity contribution in [1.82, 2.24) is 29.5 Å². The molecule has 1 aromatic carbocycles. The van der Waals surface area contributed by atoms with Crippen LogP contribution in [0, 0.1) is 0 Å². The van der Waals surface area contributed by atoms with Crippen molar-refractivity contribution in [1.29, 1.82) is 0 Å². The van der Waals surface area contributed by atoms with E-state index in [4.69, 9.17) is 4.74 Å². The minimum Gasteiger partial charge on any atom is -0.473 e. The zero-order valence-electron chi connectivity index (χ0n) is 15.4. The fourth-order valence-electron chi connectivity index (χ4n) is 3.04. The molecule has 0 atom stereocenters. The van der Waals surface area contributed by atoms with Crippen LogP contribution in [0.1, 0.15) is 5.56 Å². The lowest BCUT2D eigenvalue weighted by atomic mass is 10.1. The summed E-state index contributed by atoms with van der Waals surface area (Å²) in [6, 6.07) is 21.4. The molecule has 4 aromatic heterocycles. The Balaban J connectivity index is 1.51. The maximum atomic E-state index is 5.86. The van der Waals surface area contributed by atoms with E-state index in [0.717, 1.165) is 16.8 Å². The number of ether oxygens (including phenoxy) is 1. The van der Waals surface area contributed by atoms with Crippen LogP contribution in [0.3, 0.4) is 0 Å². The highest BCUT2D eigenvalue weighted by Crippen LogP contribution is 2.25. The van der Waals surface area contributed by atoms with Crippen molar-refractivity contribution in [3.8, 4) is 28.5 Å². The zero-order chi connectivity index (χ0) is 19.5. The molecule has 0 radical (unpaired) electrons. The highest BCUT2D eigenvalue weighted by molar-refractivity contribution is 5.68. The van der Waals surface area contributed by atoms with Gasteiger partial charge in [0.1, 0.15) is 12.9 Å². The van der Waals surface area contributed by atoms with Gasteiger partial charge in [0, 0.05) is 24.0 Å². The van der Waals surface area contributed by atoms with E-state index in [1.807, 2.05) is 66.7 Å². The van der Waals surface area contributed by atoms with Crippen LogP contribution >= 0.6 is 0 Å². The lowest BCUT2D eigenvalue weighted by Gasteiger charge is -2.09. The van der Waals surface area contributed by atoms with E-state index in [2.05, 4.69) is 25.0 Å². The average Bonchev–Trinajstić information content (AvgIpc) is 3.27. The number of nitrogens with zero attached hydrogens (tertiary/aromatic N) is 6. The number of hydrogen-bond acceptors (Lipinski definition) is 6. The standard InChI is InChI=1S/C22H16N6O/c1-2-5-16(6-3-1)14-29-21-8-4-7-18(26-21)19-13-20(17-9-11-23-12-10-17)28-22(27-19)24-15-25-28/h1-13,15H,14H2. The first kappa shape index (κ1) is 17.0. The third kappa shape index (κ3) is 3.53. The molecule has 0 saturated heterocycles. The molecule has 140 valence electrons. The number of benzene rings is 1. The fraction of sp³-hybridized carbons (Fsp3) is 0.0455. The fourth-order valence-corrected chi connectivity index (χ4v) is 3.04. The van der Waals surface area contributed by atoms with Crippen molar-refractivity contribution in [3.05, 3.63) is 91.0 Å². The van der Waals surface area contributed by atoms with Gasteiger partial charge >= 0.3 is 0 Å². The van der Waals surface area contributed by atoms with E-state index in [9.17, 15) is 0 Å². The molecule has 5 rings (SSSR count). The normalized spacial score (nSPS) is 10.9. The third-order valence-electron chi connectivity index (χ3n) is 4.44. The van der Waals surface area contributed by atoms with Crippen LogP contribution in [0.25, 0.3) is 28.4 Å². The predicted octanol–water partition coefficient (Wildman–Crippen LogP) is 3.83. The summed E-state index contributed by atoms with van der Waals surface area (Å²) in [5, 5.41) is 4.29. The Morgan fingerprint density at radius 2 is 1.69 bits per heavy atom. The summed E-state index contributed by atoms with van der Waals surface area (Å²) >= 11 is 0. The molecule has 4 heterocycles. The molecular formula is C22H16N6O. The molecule has 0 aliphatic rings. The molecule has 7 nitrogen and oxygen atoms in total. The van der Waals surface area contributed by atoms with Gasteiger partial charge in [0.15, 0.2) is 0 Å². The van der Waals surface area contributed by atoms with Crippen LogP contribution in [0.2, 0.25) is 0 Å². The van der Waals surface area contributed by atoms with Crippen LogP contribution < -0.4 is 4.74 Å². The molecule has 7 heteroatoms. The van der Waals surface area contributed by atoms with Crippen LogP contribution in [0.15, 0.2) is 85.5 Å². The van der Waals surface area contributed by atoms with E-state index in [0.29, 0.717) is 29.7 Å². The van der Waals surface area contributed by atoms with Gasteiger partial charge in [-0.05, 0) is 29.8 Å². The largest absolute Gasteiger partial charge is 0.473 e. The molecule has 0 spiro atoms. The van der Waals surface area contributed by atoms with Gasteiger partial charge in [0.25, 0.3) is 5.78 Å². The maximum absolute atomic E-state index is 5.86. The van der Waals surface area contributed by atoms with Gasteiger partial charge in [-0.15, -0.1) is 0 Å². The van der Waals surface area contributed by atoms with Gasteiger partial charge < -0.3 is 4.74 Å². The smallest absolute Gasteiger partial charge is 0.253 e.